The summed E-state index contributed by atoms with van der Waals surface area (Å²) in [6.45, 7) is 0. The molecular weight excluding hydrogens is 430 g/mol. The number of benzene rings is 3. The van der Waals surface area contributed by atoms with Crippen LogP contribution in [0.1, 0.15) is 11.1 Å². The normalized spacial score (nSPS) is 10.5. The van der Waals surface area contributed by atoms with E-state index in [0.717, 1.165) is 11.1 Å². The summed E-state index contributed by atoms with van der Waals surface area (Å²) < 4.78 is 0. The van der Waals surface area contributed by atoms with Crippen LogP contribution >= 0.6 is 23.8 Å². The average molecular weight is 450 g/mol. The van der Waals surface area contributed by atoms with E-state index in [1.54, 1.807) is 54.6 Å². The van der Waals surface area contributed by atoms with Crippen LogP contribution in [0, 0.1) is 0 Å². The number of hydrogen-bond donors (Lipinski definition) is 3. The Morgan fingerprint density at radius 1 is 0.871 bits per heavy atom. The van der Waals surface area contributed by atoms with Crippen molar-refractivity contribution in [2.75, 3.05) is 10.6 Å². The third-order valence-electron chi connectivity index (χ3n) is 4.15. The van der Waals surface area contributed by atoms with Gasteiger partial charge >= 0.3 is 0 Å². The average Bonchev–Trinajstić information content (AvgIpc) is 2.74. The van der Waals surface area contributed by atoms with Gasteiger partial charge in [-0.1, -0.05) is 60.1 Å². The molecule has 0 atom stereocenters. The first kappa shape index (κ1) is 22.2. The van der Waals surface area contributed by atoms with E-state index in [2.05, 4.69) is 16.0 Å². The number of carbonyl (C=O) groups excluding carboxylic acids is 2. The van der Waals surface area contributed by atoms with Gasteiger partial charge < -0.3 is 10.6 Å². The summed E-state index contributed by atoms with van der Waals surface area (Å²) >= 11 is 11.0. The Labute approximate surface area is 191 Å². The van der Waals surface area contributed by atoms with Crippen LogP contribution in [0.3, 0.4) is 0 Å². The second-order valence-corrected chi connectivity index (χ2v) is 7.46. The topological polar surface area (TPSA) is 70.2 Å². The Bertz CT molecular complexity index is 1100. The van der Waals surface area contributed by atoms with Crippen LogP contribution in [0.15, 0.2) is 84.9 Å². The zero-order valence-electron chi connectivity index (χ0n) is 16.5. The Morgan fingerprint density at radius 3 is 2.26 bits per heavy atom. The Morgan fingerprint density at radius 2 is 1.55 bits per heavy atom. The van der Waals surface area contributed by atoms with Gasteiger partial charge in [0, 0.05) is 22.5 Å². The van der Waals surface area contributed by atoms with Crippen molar-refractivity contribution in [3.8, 4) is 0 Å². The zero-order valence-corrected chi connectivity index (χ0v) is 18.0. The molecule has 0 spiro atoms. The summed E-state index contributed by atoms with van der Waals surface area (Å²) in [5.74, 6) is -0.480. The maximum absolute atomic E-state index is 12.2. The number of amides is 2. The third-order valence-corrected chi connectivity index (χ3v) is 4.60. The number of anilines is 2. The monoisotopic (exact) mass is 449 g/mol. The number of halogens is 1. The minimum absolute atomic E-state index is 0.119. The smallest absolute Gasteiger partial charge is 0.250 e. The van der Waals surface area contributed by atoms with E-state index in [9.17, 15) is 9.59 Å². The Hall–Kier alpha value is -3.48. The summed E-state index contributed by atoms with van der Waals surface area (Å²) in [7, 11) is 0. The predicted octanol–water partition coefficient (Wildman–Crippen LogP) is 5.05. The van der Waals surface area contributed by atoms with E-state index in [1.807, 2.05) is 30.3 Å². The van der Waals surface area contributed by atoms with Crippen LogP contribution in [0.5, 0.6) is 0 Å². The SMILES string of the molecule is O=C(/C=C/c1ccc(Cl)cc1)NC(=S)Nc1cccc(NC(=O)Cc2ccccc2)c1. The molecule has 31 heavy (non-hydrogen) atoms. The minimum atomic E-state index is -0.361. The molecule has 7 heteroatoms. The molecule has 3 rings (SSSR count). The molecule has 0 bridgehead atoms. The molecule has 3 aromatic rings. The molecule has 0 heterocycles. The van der Waals surface area contributed by atoms with Crippen molar-refractivity contribution >= 4 is 58.2 Å². The van der Waals surface area contributed by atoms with Crippen LogP contribution in [-0.2, 0) is 16.0 Å². The van der Waals surface area contributed by atoms with E-state index in [4.69, 9.17) is 23.8 Å². The molecule has 0 unspecified atom stereocenters. The van der Waals surface area contributed by atoms with E-state index in [0.29, 0.717) is 16.4 Å². The molecular formula is C24H20ClN3O2S. The maximum atomic E-state index is 12.2. The number of thiocarbonyl (C=S) groups is 1. The first-order valence-corrected chi connectivity index (χ1v) is 10.3. The molecule has 2 amide bonds. The van der Waals surface area contributed by atoms with Crippen molar-refractivity contribution in [3.63, 3.8) is 0 Å². The quantitative estimate of drug-likeness (QED) is 0.364. The van der Waals surface area contributed by atoms with Crippen molar-refractivity contribution in [2.45, 2.75) is 6.42 Å². The van der Waals surface area contributed by atoms with Gasteiger partial charge in [-0.15, -0.1) is 0 Å². The van der Waals surface area contributed by atoms with E-state index < -0.39 is 0 Å². The maximum Gasteiger partial charge on any atom is 0.250 e. The zero-order chi connectivity index (χ0) is 22.1. The highest BCUT2D eigenvalue weighted by atomic mass is 35.5. The minimum Gasteiger partial charge on any atom is -0.332 e. The molecule has 0 aliphatic carbocycles. The molecule has 5 nitrogen and oxygen atoms in total. The molecule has 0 saturated carbocycles. The fraction of sp³-hybridized carbons (Fsp3) is 0.0417. The molecule has 0 radical (unpaired) electrons. The summed E-state index contributed by atoms with van der Waals surface area (Å²) in [4.78, 5) is 24.3. The largest absolute Gasteiger partial charge is 0.332 e. The molecule has 0 fully saturated rings. The number of rotatable bonds is 6. The van der Waals surface area contributed by atoms with Crippen molar-refractivity contribution in [2.24, 2.45) is 0 Å². The second kappa shape index (κ2) is 11.1. The van der Waals surface area contributed by atoms with Gasteiger partial charge in [0.15, 0.2) is 5.11 Å². The fourth-order valence-corrected chi connectivity index (χ4v) is 3.07. The van der Waals surface area contributed by atoms with Gasteiger partial charge in [0.05, 0.1) is 6.42 Å². The lowest BCUT2D eigenvalue weighted by molar-refractivity contribution is -0.116. The highest BCUT2D eigenvalue weighted by Gasteiger charge is 2.06. The molecule has 3 aromatic carbocycles. The summed E-state index contributed by atoms with van der Waals surface area (Å²) in [5.41, 5.74) is 3.05. The van der Waals surface area contributed by atoms with Gasteiger partial charge in [-0.25, -0.2) is 0 Å². The fourth-order valence-electron chi connectivity index (χ4n) is 2.72. The van der Waals surface area contributed by atoms with Gasteiger partial charge in [0.25, 0.3) is 0 Å². The lowest BCUT2D eigenvalue weighted by Crippen LogP contribution is -2.32. The second-order valence-electron chi connectivity index (χ2n) is 6.62. The summed E-state index contributed by atoms with van der Waals surface area (Å²) in [6, 6.07) is 23.7. The van der Waals surface area contributed by atoms with E-state index >= 15 is 0 Å². The number of hydrogen-bond acceptors (Lipinski definition) is 3. The highest BCUT2D eigenvalue weighted by molar-refractivity contribution is 7.80. The van der Waals surface area contributed by atoms with Gasteiger partial charge in [-0.05, 0) is 59.8 Å². The lowest BCUT2D eigenvalue weighted by Gasteiger charge is -2.10. The standard InChI is InChI=1S/C24H20ClN3O2S/c25-19-12-9-17(10-13-19)11-14-22(29)28-24(31)27-21-8-4-7-20(16-21)26-23(30)15-18-5-2-1-3-6-18/h1-14,16H,15H2,(H,26,30)(H2,27,28,29,31)/b14-11+. The van der Waals surface area contributed by atoms with Crippen LogP contribution < -0.4 is 16.0 Å². The first-order chi connectivity index (χ1) is 15.0. The van der Waals surface area contributed by atoms with Crippen LogP contribution in [-0.4, -0.2) is 16.9 Å². The van der Waals surface area contributed by atoms with E-state index in [-0.39, 0.29) is 23.3 Å². The van der Waals surface area contributed by atoms with E-state index in [1.165, 1.54) is 6.08 Å². The van der Waals surface area contributed by atoms with Crippen molar-refractivity contribution in [1.82, 2.24) is 5.32 Å². The third kappa shape index (κ3) is 7.70. The van der Waals surface area contributed by atoms with Crippen LogP contribution in [0.25, 0.3) is 6.08 Å². The molecule has 0 aliphatic rings. The summed E-state index contributed by atoms with van der Waals surface area (Å²) in [5, 5.41) is 9.16. The van der Waals surface area contributed by atoms with Crippen LogP contribution in [0.4, 0.5) is 11.4 Å². The molecule has 0 aromatic heterocycles. The number of nitrogens with one attached hydrogen (secondary N) is 3. The number of carbonyl (C=O) groups is 2. The highest BCUT2D eigenvalue weighted by Crippen LogP contribution is 2.16. The Balaban J connectivity index is 1.51. The van der Waals surface area contributed by atoms with Gasteiger partial charge in [0.1, 0.15) is 0 Å². The van der Waals surface area contributed by atoms with Crippen molar-refractivity contribution in [1.29, 1.82) is 0 Å². The Kier molecular flexibility index (Phi) is 7.92. The van der Waals surface area contributed by atoms with Gasteiger partial charge in [0.2, 0.25) is 11.8 Å². The van der Waals surface area contributed by atoms with Crippen molar-refractivity contribution in [3.05, 3.63) is 101 Å². The molecule has 0 aliphatic heterocycles. The van der Waals surface area contributed by atoms with Crippen molar-refractivity contribution < 1.29 is 9.59 Å². The first-order valence-electron chi connectivity index (χ1n) is 9.47. The molecule has 3 N–H and O–H groups in total. The van der Waals surface area contributed by atoms with Gasteiger partial charge in [-0.2, -0.15) is 0 Å². The molecule has 0 saturated heterocycles. The van der Waals surface area contributed by atoms with Crippen LogP contribution in [0.2, 0.25) is 5.02 Å². The molecule has 156 valence electrons. The lowest BCUT2D eigenvalue weighted by atomic mass is 10.1. The predicted molar refractivity (Wildman–Crippen MR) is 130 cm³/mol. The van der Waals surface area contributed by atoms with Gasteiger partial charge in [-0.3, -0.25) is 14.9 Å². The summed E-state index contributed by atoms with van der Waals surface area (Å²) in [6.07, 6.45) is 3.33.